The molecule has 0 unspecified atom stereocenters. The molecule has 1 saturated carbocycles. The third-order valence-corrected chi connectivity index (χ3v) is 4.36. The van der Waals surface area contributed by atoms with E-state index in [9.17, 15) is 4.79 Å². The molecule has 1 aliphatic carbocycles. The van der Waals surface area contributed by atoms with Gasteiger partial charge in [0.25, 0.3) is 5.56 Å². The smallest absolute Gasteiger partial charge is 0.262 e. The number of hydrogen-bond acceptors (Lipinski definition) is 4. The minimum absolute atomic E-state index is 0.126. The number of aromatic nitrogens is 5. The largest absolute Gasteiger partial charge is 0.306 e. The fourth-order valence-electron chi connectivity index (χ4n) is 3.26. The Kier molecular flexibility index (Phi) is 3.03. The zero-order chi connectivity index (χ0) is 15.1. The first-order valence-corrected chi connectivity index (χ1v) is 7.63. The topological polar surface area (TPSA) is 76.5 Å². The van der Waals surface area contributed by atoms with E-state index in [0.717, 1.165) is 24.1 Å². The first-order chi connectivity index (χ1) is 10.7. The lowest BCUT2D eigenvalue weighted by molar-refractivity contribution is 0.476. The third-order valence-electron chi connectivity index (χ3n) is 4.36. The maximum atomic E-state index is 12.5. The van der Waals surface area contributed by atoms with Crippen LogP contribution in [0, 0.1) is 6.92 Å². The van der Waals surface area contributed by atoms with Crippen LogP contribution in [-0.4, -0.2) is 24.7 Å². The summed E-state index contributed by atoms with van der Waals surface area (Å²) in [6, 6.07) is 4.04. The highest BCUT2D eigenvalue weighted by molar-refractivity contribution is 5.79. The molecule has 0 saturated heterocycles. The molecule has 0 amide bonds. The zero-order valence-corrected chi connectivity index (χ0v) is 12.4. The quantitative estimate of drug-likeness (QED) is 0.788. The van der Waals surface area contributed by atoms with Crippen LogP contribution in [0.2, 0.25) is 0 Å². The van der Waals surface area contributed by atoms with Gasteiger partial charge in [0.15, 0.2) is 5.65 Å². The number of aryl methyl sites for hydroxylation is 1. The molecular weight excluding hydrogens is 278 g/mol. The Morgan fingerprint density at radius 1 is 1.23 bits per heavy atom. The number of nitrogens with one attached hydrogen (secondary N) is 1. The molecule has 22 heavy (non-hydrogen) atoms. The van der Waals surface area contributed by atoms with Crippen molar-refractivity contribution in [3.63, 3.8) is 0 Å². The number of hydrogen-bond donors (Lipinski definition) is 1. The first-order valence-electron chi connectivity index (χ1n) is 7.63. The Morgan fingerprint density at radius 3 is 2.68 bits per heavy atom. The molecule has 112 valence electrons. The molecule has 0 atom stereocenters. The summed E-state index contributed by atoms with van der Waals surface area (Å²) < 4.78 is 1.96. The van der Waals surface area contributed by atoms with Crippen molar-refractivity contribution in [3.05, 3.63) is 40.6 Å². The molecule has 0 bridgehead atoms. The summed E-state index contributed by atoms with van der Waals surface area (Å²) in [5, 5.41) is 5.19. The summed E-state index contributed by atoms with van der Waals surface area (Å²) in [7, 11) is 0. The summed E-state index contributed by atoms with van der Waals surface area (Å²) in [6.45, 7) is 1.87. The maximum Gasteiger partial charge on any atom is 0.262 e. The molecule has 0 radical (unpaired) electrons. The van der Waals surface area contributed by atoms with Crippen molar-refractivity contribution in [1.29, 1.82) is 0 Å². The second-order valence-electron chi connectivity index (χ2n) is 5.82. The van der Waals surface area contributed by atoms with E-state index in [4.69, 9.17) is 0 Å². The van der Waals surface area contributed by atoms with E-state index in [2.05, 4.69) is 20.1 Å². The van der Waals surface area contributed by atoms with Crippen LogP contribution in [0.3, 0.4) is 0 Å². The monoisotopic (exact) mass is 295 g/mol. The average molecular weight is 295 g/mol. The highest BCUT2D eigenvalue weighted by Crippen LogP contribution is 2.31. The van der Waals surface area contributed by atoms with Gasteiger partial charge in [0, 0.05) is 18.0 Å². The number of fused-ring (bicyclic) bond motifs is 1. The molecule has 0 aromatic carbocycles. The highest BCUT2D eigenvalue weighted by atomic mass is 16.1. The normalized spacial score (nSPS) is 15.7. The van der Waals surface area contributed by atoms with Crippen molar-refractivity contribution in [1.82, 2.24) is 24.7 Å². The molecule has 0 spiro atoms. The standard InChI is InChI=1S/C16H17N5O/c1-10-13-15(21(20-10)12-4-2-3-5-12)18-14(19-16(13)22)11-6-8-17-9-7-11/h6-9,12H,2-5H2,1H3,(H,18,19,22). The van der Waals surface area contributed by atoms with E-state index >= 15 is 0 Å². The second-order valence-corrected chi connectivity index (χ2v) is 5.82. The minimum Gasteiger partial charge on any atom is -0.306 e. The van der Waals surface area contributed by atoms with E-state index < -0.39 is 0 Å². The van der Waals surface area contributed by atoms with Crippen molar-refractivity contribution in [3.8, 4) is 11.4 Å². The molecule has 3 aromatic rings. The molecule has 1 N–H and O–H groups in total. The van der Waals surface area contributed by atoms with Gasteiger partial charge in [0.2, 0.25) is 0 Å². The second kappa shape index (κ2) is 5.05. The van der Waals surface area contributed by atoms with Gasteiger partial charge in [-0.05, 0) is 31.9 Å². The SMILES string of the molecule is Cc1nn(C2CCCC2)c2nc(-c3ccncc3)[nH]c(=O)c12. The van der Waals surface area contributed by atoms with Crippen molar-refractivity contribution >= 4 is 11.0 Å². The Labute approximate surface area is 127 Å². The summed E-state index contributed by atoms with van der Waals surface area (Å²) in [6.07, 6.45) is 8.03. The first kappa shape index (κ1) is 13.2. The molecule has 1 fully saturated rings. The number of aromatic amines is 1. The van der Waals surface area contributed by atoms with Gasteiger partial charge in [-0.15, -0.1) is 0 Å². The summed E-state index contributed by atoms with van der Waals surface area (Å²) in [5.74, 6) is 0.569. The minimum atomic E-state index is -0.126. The number of rotatable bonds is 2. The predicted octanol–water partition coefficient (Wildman–Crippen LogP) is 2.61. The van der Waals surface area contributed by atoms with Crippen molar-refractivity contribution < 1.29 is 0 Å². The molecular formula is C16H17N5O. The molecule has 4 rings (SSSR count). The van der Waals surface area contributed by atoms with Gasteiger partial charge in [0.05, 0.1) is 11.7 Å². The van der Waals surface area contributed by atoms with E-state index in [1.807, 2.05) is 23.7 Å². The molecule has 0 aliphatic heterocycles. The fraction of sp³-hybridized carbons (Fsp3) is 0.375. The van der Waals surface area contributed by atoms with Gasteiger partial charge in [0.1, 0.15) is 11.2 Å². The Bertz CT molecular complexity index is 875. The van der Waals surface area contributed by atoms with Crippen LogP contribution < -0.4 is 5.56 Å². The van der Waals surface area contributed by atoms with Gasteiger partial charge in [-0.2, -0.15) is 5.10 Å². The average Bonchev–Trinajstić information content (AvgIpc) is 3.16. The lowest BCUT2D eigenvalue weighted by Crippen LogP contribution is -2.12. The predicted molar refractivity (Wildman–Crippen MR) is 83.6 cm³/mol. The number of nitrogens with zero attached hydrogens (tertiary/aromatic N) is 4. The Balaban J connectivity index is 1.95. The van der Waals surface area contributed by atoms with E-state index in [-0.39, 0.29) is 5.56 Å². The lowest BCUT2D eigenvalue weighted by atomic mass is 10.2. The van der Waals surface area contributed by atoms with Gasteiger partial charge >= 0.3 is 0 Å². The summed E-state index contributed by atoms with van der Waals surface area (Å²) in [4.78, 5) is 24.0. The van der Waals surface area contributed by atoms with Gasteiger partial charge in [-0.1, -0.05) is 12.8 Å². The van der Waals surface area contributed by atoms with Gasteiger partial charge in [-0.3, -0.25) is 9.78 Å². The van der Waals surface area contributed by atoms with Crippen molar-refractivity contribution in [2.75, 3.05) is 0 Å². The Hall–Kier alpha value is -2.50. The molecule has 1 aliphatic rings. The molecule has 3 aromatic heterocycles. The van der Waals surface area contributed by atoms with Crippen LogP contribution in [0.15, 0.2) is 29.3 Å². The lowest BCUT2D eigenvalue weighted by Gasteiger charge is -2.10. The van der Waals surface area contributed by atoms with Crippen molar-refractivity contribution in [2.24, 2.45) is 0 Å². The molecule has 3 heterocycles. The highest BCUT2D eigenvalue weighted by Gasteiger charge is 2.23. The van der Waals surface area contributed by atoms with Gasteiger partial charge in [-0.25, -0.2) is 9.67 Å². The van der Waals surface area contributed by atoms with Crippen LogP contribution in [0.1, 0.15) is 37.4 Å². The molecule has 6 nitrogen and oxygen atoms in total. The zero-order valence-electron chi connectivity index (χ0n) is 12.4. The van der Waals surface area contributed by atoms with Crippen LogP contribution in [0.4, 0.5) is 0 Å². The van der Waals surface area contributed by atoms with Gasteiger partial charge < -0.3 is 4.98 Å². The van der Waals surface area contributed by atoms with Crippen LogP contribution >= 0.6 is 0 Å². The summed E-state index contributed by atoms with van der Waals surface area (Å²) >= 11 is 0. The fourth-order valence-corrected chi connectivity index (χ4v) is 3.26. The van der Waals surface area contributed by atoms with Crippen LogP contribution in [0.25, 0.3) is 22.4 Å². The van der Waals surface area contributed by atoms with E-state index in [1.165, 1.54) is 12.8 Å². The third kappa shape index (κ3) is 2.03. The van der Waals surface area contributed by atoms with E-state index in [0.29, 0.717) is 22.9 Å². The Morgan fingerprint density at radius 2 is 1.95 bits per heavy atom. The van der Waals surface area contributed by atoms with Crippen LogP contribution in [-0.2, 0) is 0 Å². The number of H-pyrrole nitrogens is 1. The summed E-state index contributed by atoms with van der Waals surface area (Å²) in [5.41, 5.74) is 2.17. The van der Waals surface area contributed by atoms with E-state index in [1.54, 1.807) is 12.4 Å². The molecule has 6 heteroatoms. The maximum absolute atomic E-state index is 12.5. The number of pyridine rings is 1. The van der Waals surface area contributed by atoms with Crippen LogP contribution in [0.5, 0.6) is 0 Å². The van der Waals surface area contributed by atoms with Crippen molar-refractivity contribution in [2.45, 2.75) is 38.6 Å².